The molecular weight excluding hydrogens is 474 g/mol. The first-order chi connectivity index (χ1) is 18.1. The maximum absolute atomic E-state index is 13.0. The fourth-order valence-electron chi connectivity index (χ4n) is 5.77. The van der Waals surface area contributed by atoms with Gasteiger partial charge in [-0.1, -0.05) is 18.6 Å². The number of likely N-dealkylation sites (tertiary alicyclic amines) is 1. The van der Waals surface area contributed by atoms with Gasteiger partial charge in [-0.05, 0) is 55.6 Å². The summed E-state index contributed by atoms with van der Waals surface area (Å²) in [5, 5.41) is 2.34. The van der Waals surface area contributed by atoms with Gasteiger partial charge in [0, 0.05) is 36.7 Å². The van der Waals surface area contributed by atoms with Crippen molar-refractivity contribution < 1.29 is 28.6 Å². The lowest BCUT2D eigenvalue weighted by molar-refractivity contribution is -0.136. The van der Waals surface area contributed by atoms with Crippen LogP contribution in [-0.4, -0.2) is 66.0 Å². The molecule has 0 radical (unpaired) electrons. The lowest BCUT2D eigenvalue weighted by atomic mass is 10.0. The highest BCUT2D eigenvalue weighted by atomic mass is 16.6. The number of nitrogens with one attached hydrogen (secondary N) is 1. The molecule has 9 heteroatoms. The number of rotatable bonds is 6. The molecule has 0 aromatic heterocycles. The van der Waals surface area contributed by atoms with Crippen LogP contribution in [0.15, 0.2) is 36.4 Å². The third-order valence-corrected chi connectivity index (χ3v) is 7.71. The van der Waals surface area contributed by atoms with Crippen molar-refractivity contribution in [3.8, 4) is 17.2 Å². The van der Waals surface area contributed by atoms with Gasteiger partial charge in [0.05, 0.1) is 0 Å². The second-order valence-electron chi connectivity index (χ2n) is 10.1. The Morgan fingerprint density at radius 1 is 1.03 bits per heavy atom. The third-order valence-electron chi connectivity index (χ3n) is 7.71. The number of carbonyl (C=O) groups excluding carboxylic acids is 3. The van der Waals surface area contributed by atoms with Crippen molar-refractivity contribution in [2.45, 2.75) is 57.3 Å². The number of amides is 3. The quantitative estimate of drug-likeness (QED) is 0.603. The molecule has 2 aromatic carbocycles. The Bertz CT molecular complexity index is 1230. The normalized spacial score (nSPS) is 23.6. The summed E-state index contributed by atoms with van der Waals surface area (Å²) >= 11 is 0. The molecule has 0 bridgehead atoms. The van der Waals surface area contributed by atoms with Gasteiger partial charge in [0.2, 0.25) is 11.8 Å². The molecule has 0 spiro atoms. The number of fused-ring (bicyclic) bond motifs is 2. The smallest absolute Gasteiger partial charge is 0.255 e. The van der Waals surface area contributed by atoms with Gasteiger partial charge in [0.15, 0.2) is 11.5 Å². The first-order valence-electron chi connectivity index (χ1n) is 13.1. The number of para-hydroxylation sites is 1. The van der Waals surface area contributed by atoms with E-state index in [9.17, 15) is 14.4 Å². The Morgan fingerprint density at radius 2 is 1.92 bits per heavy atom. The SMILES string of the molecule is O=C1CCC(N2Cc3cc(OC[C@H]4CCCCN4Cc4cccc5c4OCCO5)ccc3C2=O)C(=O)N1. The molecule has 4 heterocycles. The van der Waals surface area contributed by atoms with E-state index in [0.29, 0.717) is 38.3 Å². The monoisotopic (exact) mass is 505 g/mol. The van der Waals surface area contributed by atoms with Gasteiger partial charge in [-0.15, -0.1) is 0 Å². The van der Waals surface area contributed by atoms with Gasteiger partial charge in [0.25, 0.3) is 5.91 Å². The highest BCUT2D eigenvalue weighted by Crippen LogP contribution is 2.35. The van der Waals surface area contributed by atoms with Crippen molar-refractivity contribution in [1.29, 1.82) is 0 Å². The number of benzene rings is 2. The van der Waals surface area contributed by atoms with Crippen LogP contribution in [0.2, 0.25) is 0 Å². The zero-order chi connectivity index (χ0) is 25.4. The first-order valence-corrected chi connectivity index (χ1v) is 13.1. The number of imide groups is 1. The van der Waals surface area contributed by atoms with E-state index in [-0.39, 0.29) is 24.3 Å². The minimum Gasteiger partial charge on any atom is -0.492 e. The van der Waals surface area contributed by atoms with E-state index >= 15 is 0 Å². The molecule has 2 fully saturated rings. The van der Waals surface area contributed by atoms with Crippen LogP contribution >= 0.6 is 0 Å². The van der Waals surface area contributed by atoms with Crippen LogP contribution < -0.4 is 19.5 Å². The summed E-state index contributed by atoms with van der Waals surface area (Å²) in [5.74, 6) is 1.52. The fraction of sp³-hybridized carbons (Fsp3) is 0.464. The molecule has 6 rings (SSSR count). The van der Waals surface area contributed by atoms with E-state index in [4.69, 9.17) is 14.2 Å². The van der Waals surface area contributed by atoms with Crippen LogP contribution in [-0.2, 0) is 22.7 Å². The molecule has 2 saturated heterocycles. The highest BCUT2D eigenvalue weighted by Gasteiger charge is 2.39. The summed E-state index contributed by atoms with van der Waals surface area (Å²) < 4.78 is 17.9. The summed E-state index contributed by atoms with van der Waals surface area (Å²) in [7, 11) is 0. The predicted molar refractivity (Wildman–Crippen MR) is 133 cm³/mol. The number of hydrogen-bond donors (Lipinski definition) is 1. The topological polar surface area (TPSA) is 97.4 Å². The van der Waals surface area contributed by atoms with Crippen molar-refractivity contribution >= 4 is 17.7 Å². The highest BCUT2D eigenvalue weighted by molar-refractivity contribution is 6.05. The molecule has 1 N–H and O–H groups in total. The van der Waals surface area contributed by atoms with Crippen LogP contribution in [0.5, 0.6) is 17.2 Å². The van der Waals surface area contributed by atoms with Gasteiger partial charge in [-0.2, -0.15) is 0 Å². The first kappa shape index (κ1) is 23.8. The molecule has 3 amide bonds. The third kappa shape index (κ3) is 4.75. The second-order valence-corrected chi connectivity index (χ2v) is 10.1. The van der Waals surface area contributed by atoms with Crippen molar-refractivity contribution in [2.24, 2.45) is 0 Å². The number of ether oxygens (including phenoxy) is 3. The minimum atomic E-state index is -0.615. The Balaban J connectivity index is 1.11. The Labute approximate surface area is 215 Å². The summed E-state index contributed by atoms with van der Waals surface area (Å²) in [4.78, 5) is 40.8. The van der Waals surface area contributed by atoms with E-state index in [0.717, 1.165) is 60.7 Å². The van der Waals surface area contributed by atoms with E-state index in [1.807, 2.05) is 24.3 Å². The second kappa shape index (κ2) is 10.0. The Hall–Kier alpha value is -3.59. The van der Waals surface area contributed by atoms with Gasteiger partial charge in [-0.3, -0.25) is 24.6 Å². The minimum absolute atomic E-state index is 0.174. The van der Waals surface area contributed by atoms with Crippen LogP contribution in [0.1, 0.15) is 53.6 Å². The zero-order valence-electron chi connectivity index (χ0n) is 20.7. The molecule has 194 valence electrons. The zero-order valence-corrected chi connectivity index (χ0v) is 20.7. The number of piperidine rings is 2. The van der Waals surface area contributed by atoms with Gasteiger partial charge < -0.3 is 19.1 Å². The van der Waals surface area contributed by atoms with Crippen molar-refractivity contribution in [3.63, 3.8) is 0 Å². The average molecular weight is 506 g/mol. The Kier molecular flexibility index (Phi) is 6.46. The predicted octanol–water partition coefficient (Wildman–Crippen LogP) is 2.65. The van der Waals surface area contributed by atoms with Gasteiger partial charge >= 0.3 is 0 Å². The van der Waals surface area contributed by atoms with E-state index < -0.39 is 11.9 Å². The molecule has 2 aromatic rings. The van der Waals surface area contributed by atoms with Gasteiger partial charge in [0.1, 0.15) is 31.6 Å². The van der Waals surface area contributed by atoms with Crippen molar-refractivity contribution in [1.82, 2.24) is 15.1 Å². The van der Waals surface area contributed by atoms with E-state index in [1.165, 1.54) is 0 Å². The lowest BCUT2D eigenvalue weighted by Gasteiger charge is -2.36. The summed E-state index contributed by atoms with van der Waals surface area (Å²) in [6.45, 7) is 3.81. The van der Waals surface area contributed by atoms with Crippen molar-refractivity contribution in [3.05, 3.63) is 53.1 Å². The summed E-state index contributed by atoms with van der Waals surface area (Å²) in [5.41, 5.74) is 2.57. The maximum atomic E-state index is 13.0. The standard InChI is InChI=1S/C28H31N3O6/c32-25-10-9-23(27(33)29-25)31-16-19-14-21(7-8-22(19)28(31)34)37-17-20-5-1-2-11-30(20)15-18-4-3-6-24-26(18)36-13-12-35-24/h3-4,6-8,14,20,23H,1-2,5,9-13,15-17H2,(H,29,32,33)/t20-,23?/m1/s1. The van der Waals surface area contributed by atoms with Crippen LogP contribution in [0, 0.1) is 0 Å². The molecule has 0 saturated carbocycles. The number of nitrogens with zero attached hydrogens (tertiary/aromatic N) is 2. The molecule has 37 heavy (non-hydrogen) atoms. The molecule has 4 aliphatic heterocycles. The average Bonchev–Trinajstić information content (AvgIpc) is 3.23. The maximum Gasteiger partial charge on any atom is 0.255 e. The molecule has 2 atom stereocenters. The number of carbonyl (C=O) groups is 3. The van der Waals surface area contributed by atoms with Crippen LogP contribution in [0.25, 0.3) is 0 Å². The van der Waals surface area contributed by atoms with Crippen molar-refractivity contribution in [2.75, 3.05) is 26.4 Å². The van der Waals surface area contributed by atoms with Crippen LogP contribution in [0.3, 0.4) is 0 Å². The van der Waals surface area contributed by atoms with Gasteiger partial charge in [-0.25, -0.2) is 0 Å². The number of hydrogen-bond acceptors (Lipinski definition) is 7. The van der Waals surface area contributed by atoms with Crippen LogP contribution in [0.4, 0.5) is 0 Å². The molecular formula is C28H31N3O6. The Morgan fingerprint density at radius 3 is 2.81 bits per heavy atom. The van der Waals surface area contributed by atoms with E-state index in [1.54, 1.807) is 11.0 Å². The molecule has 1 unspecified atom stereocenters. The summed E-state index contributed by atoms with van der Waals surface area (Å²) in [6, 6.07) is 11.2. The lowest BCUT2D eigenvalue weighted by Crippen LogP contribution is -2.52. The molecule has 4 aliphatic rings. The fourth-order valence-corrected chi connectivity index (χ4v) is 5.77. The summed E-state index contributed by atoms with van der Waals surface area (Å²) in [6.07, 6.45) is 3.97. The largest absolute Gasteiger partial charge is 0.492 e. The molecule has 9 nitrogen and oxygen atoms in total. The molecule has 0 aliphatic carbocycles. The van der Waals surface area contributed by atoms with E-state index in [2.05, 4.69) is 16.3 Å².